The summed E-state index contributed by atoms with van der Waals surface area (Å²) in [6.45, 7) is 18.0. The number of aliphatic hydroxyl groups excluding tert-OH is 1. The van der Waals surface area contributed by atoms with Crippen LogP contribution in [0.2, 0.25) is 0 Å². The van der Waals surface area contributed by atoms with Crippen LogP contribution < -0.4 is 10.6 Å². The molecule has 6 heteroatoms. The molecule has 0 fully saturated rings. The minimum Gasteiger partial charge on any atom is -0.387 e. The van der Waals surface area contributed by atoms with Crippen molar-refractivity contribution >= 4 is 11.8 Å². The van der Waals surface area contributed by atoms with Crippen LogP contribution in [0, 0.1) is 22.2 Å². The average Bonchev–Trinajstić information content (AvgIpc) is 2.48. The molecular formula is C20H40N2O4. The molecule has 1 unspecified atom stereocenters. The monoisotopic (exact) mass is 372 g/mol. The van der Waals surface area contributed by atoms with Crippen molar-refractivity contribution in [3.05, 3.63) is 0 Å². The first-order valence-electron chi connectivity index (χ1n) is 9.40. The third-order valence-electron chi connectivity index (χ3n) is 4.00. The first-order valence-corrected chi connectivity index (χ1v) is 9.40. The Hall–Kier alpha value is -1.14. The van der Waals surface area contributed by atoms with Gasteiger partial charge >= 0.3 is 0 Å². The van der Waals surface area contributed by atoms with Gasteiger partial charge < -0.3 is 20.5 Å². The number of carbonyl (C=O) groups excluding carboxylic acids is 2. The lowest BCUT2D eigenvalue weighted by Gasteiger charge is -2.30. The lowest BCUT2D eigenvalue weighted by atomic mass is 9.85. The molecule has 0 radical (unpaired) electrons. The number of nitrogens with one attached hydrogen (secondary N) is 2. The van der Waals surface area contributed by atoms with E-state index in [1.165, 1.54) is 0 Å². The molecule has 0 aromatic rings. The lowest BCUT2D eigenvalue weighted by Crippen LogP contribution is -2.41. The van der Waals surface area contributed by atoms with Crippen molar-refractivity contribution in [2.45, 2.75) is 61.8 Å². The molecule has 26 heavy (non-hydrogen) atoms. The molecule has 0 heterocycles. The fourth-order valence-electron chi connectivity index (χ4n) is 2.61. The Morgan fingerprint density at radius 2 is 1.38 bits per heavy atom. The molecule has 1 atom stereocenters. The summed E-state index contributed by atoms with van der Waals surface area (Å²) in [5, 5.41) is 14.4. The van der Waals surface area contributed by atoms with Crippen LogP contribution in [-0.4, -0.2) is 49.8 Å². The summed E-state index contributed by atoms with van der Waals surface area (Å²) >= 11 is 0. The molecule has 3 N–H and O–H groups in total. The zero-order chi connectivity index (χ0) is 20.6. The van der Waals surface area contributed by atoms with Gasteiger partial charge in [-0.15, -0.1) is 0 Å². The second kappa shape index (κ2) is 10.3. The normalized spacial score (nSPS) is 14.0. The second-order valence-electron chi connectivity index (χ2n) is 10.1. The summed E-state index contributed by atoms with van der Waals surface area (Å²) in [5.41, 5.74) is -0.278. The van der Waals surface area contributed by atoms with Gasteiger partial charge in [0.1, 0.15) is 6.61 Å². The number of hydrogen-bond donors (Lipinski definition) is 3. The number of rotatable bonds is 11. The molecular weight excluding hydrogens is 332 g/mol. The quantitative estimate of drug-likeness (QED) is 0.519. The van der Waals surface area contributed by atoms with Crippen LogP contribution >= 0.6 is 0 Å². The number of carbonyl (C=O) groups is 2. The van der Waals surface area contributed by atoms with Crippen molar-refractivity contribution in [2.75, 3.05) is 32.9 Å². The van der Waals surface area contributed by atoms with Gasteiger partial charge in [0.15, 0.2) is 0 Å². The minimum atomic E-state index is -0.503. The molecule has 6 nitrogen and oxygen atoms in total. The zero-order valence-corrected chi connectivity index (χ0v) is 18.0. The Kier molecular flexibility index (Phi) is 9.81. The van der Waals surface area contributed by atoms with E-state index in [1.807, 2.05) is 20.8 Å². The summed E-state index contributed by atoms with van der Waals surface area (Å²) in [6.07, 6.45) is 0.851. The molecule has 154 valence electrons. The molecule has 0 aliphatic heterocycles. The van der Waals surface area contributed by atoms with Crippen molar-refractivity contribution in [2.24, 2.45) is 22.2 Å². The summed E-state index contributed by atoms with van der Waals surface area (Å²) < 4.78 is 5.84. The van der Waals surface area contributed by atoms with Crippen molar-refractivity contribution in [1.82, 2.24) is 10.6 Å². The molecule has 2 amide bonds. The first-order chi connectivity index (χ1) is 11.7. The maximum atomic E-state index is 12.3. The molecule has 0 aliphatic rings. The van der Waals surface area contributed by atoms with Gasteiger partial charge in [-0.3, -0.25) is 9.59 Å². The highest BCUT2D eigenvalue weighted by Crippen LogP contribution is 2.24. The number of ether oxygens (including phenoxy) is 1. The highest BCUT2D eigenvalue weighted by molar-refractivity contribution is 5.78. The maximum absolute atomic E-state index is 12.3. The van der Waals surface area contributed by atoms with E-state index in [-0.39, 0.29) is 34.0 Å². The summed E-state index contributed by atoms with van der Waals surface area (Å²) in [5.74, 6) is -0.314. The topological polar surface area (TPSA) is 87.7 Å². The predicted molar refractivity (Wildman–Crippen MR) is 105 cm³/mol. The van der Waals surface area contributed by atoms with E-state index in [1.54, 1.807) is 0 Å². The van der Waals surface area contributed by atoms with E-state index in [0.29, 0.717) is 26.3 Å². The molecule has 0 aromatic heterocycles. The van der Waals surface area contributed by atoms with Crippen LogP contribution in [-0.2, 0) is 14.3 Å². The first kappa shape index (κ1) is 24.9. The van der Waals surface area contributed by atoms with Crippen LogP contribution in [0.4, 0.5) is 0 Å². The Balaban J connectivity index is 4.25. The highest BCUT2D eigenvalue weighted by atomic mass is 16.5. The minimum absolute atomic E-state index is 0.0132. The van der Waals surface area contributed by atoms with Crippen LogP contribution in [0.1, 0.15) is 61.8 Å². The van der Waals surface area contributed by atoms with E-state index in [9.17, 15) is 9.59 Å². The third-order valence-corrected chi connectivity index (χ3v) is 4.00. The highest BCUT2D eigenvalue weighted by Gasteiger charge is 2.25. The van der Waals surface area contributed by atoms with Crippen molar-refractivity contribution in [3.63, 3.8) is 0 Å². The van der Waals surface area contributed by atoms with Crippen molar-refractivity contribution in [3.8, 4) is 0 Å². The Morgan fingerprint density at radius 3 is 1.81 bits per heavy atom. The summed E-state index contributed by atoms with van der Waals surface area (Å²) in [4.78, 5) is 23.4. The number of amides is 2. The third kappa shape index (κ3) is 12.3. The van der Waals surface area contributed by atoms with Gasteiger partial charge in [0.2, 0.25) is 11.8 Å². The predicted octanol–water partition coefficient (Wildman–Crippen LogP) is 2.35. The van der Waals surface area contributed by atoms with Gasteiger partial charge in [-0.25, -0.2) is 0 Å². The zero-order valence-electron chi connectivity index (χ0n) is 18.0. The molecule has 0 bridgehead atoms. The molecule has 0 aromatic carbocycles. The van der Waals surface area contributed by atoms with E-state index in [2.05, 4.69) is 45.3 Å². The van der Waals surface area contributed by atoms with Crippen molar-refractivity contribution in [1.29, 1.82) is 0 Å². The van der Waals surface area contributed by atoms with E-state index in [4.69, 9.17) is 9.84 Å². The summed E-state index contributed by atoms with van der Waals surface area (Å²) in [7, 11) is 0. The second-order valence-corrected chi connectivity index (χ2v) is 10.1. The number of aliphatic hydroxyl groups is 1. The SMILES string of the molecule is CC(CC(C)(C)C)C(=O)NCC(C)(C)COCC(C)(C)CNC(=O)CO. The van der Waals surface area contributed by atoms with Gasteiger partial charge in [0.25, 0.3) is 0 Å². The Morgan fingerprint density at radius 1 is 0.923 bits per heavy atom. The van der Waals surface area contributed by atoms with Gasteiger partial charge in [-0.2, -0.15) is 0 Å². The fourth-order valence-corrected chi connectivity index (χ4v) is 2.61. The van der Waals surface area contributed by atoms with Gasteiger partial charge in [-0.1, -0.05) is 55.4 Å². The smallest absolute Gasteiger partial charge is 0.245 e. The molecule has 0 saturated carbocycles. The van der Waals surface area contributed by atoms with E-state index < -0.39 is 6.61 Å². The Bertz CT molecular complexity index is 453. The van der Waals surface area contributed by atoms with Gasteiger partial charge in [0.05, 0.1) is 13.2 Å². The standard InChI is InChI=1S/C20H40N2O4/c1-15(9-18(2,3)4)17(25)22-12-20(7,8)14-26-13-19(5,6)11-21-16(24)10-23/h15,23H,9-14H2,1-8H3,(H,21,24)(H,22,25). The number of hydrogen-bond acceptors (Lipinski definition) is 4. The average molecular weight is 373 g/mol. The van der Waals surface area contributed by atoms with Gasteiger partial charge in [0, 0.05) is 29.8 Å². The van der Waals surface area contributed by atoms with Crippen LogP contribution in [0.5, 0.6) is 0 Å². The van der Waals surface area contributed by atoms with E-state index in [0.717, 1.165) is 6.42 Å². The largest absolute Gasteiger partial charge is 0.387 e. The van der Waals surface area contributed by atoms with Crippen molar-refractivity contribution < 1.29 is 19.4 Å². The maximum Gasteiger partial charge on any atom is 0.245 e. The van der Waals surface area contributed by atoms with E-state index >= 15 is 0 Å². The molecule has 0 aliphatic carbocycles. The van der Waals surface area contributed by atoms with Crippen LogP contribution in [0.25, 0.3) is 0 Å². The fraction of sp³-hybridized carbons (Fsp3) is 0.900. The lowest BCUT2D eigenvalue weighted by molar-refractivity contribution is -0.126. The molecule has 0 saturated heterocycles. The molecule has 0 rings (SSSR count). The summed E-state index contributed by atoms with van der Waals surface area (Å²) in [6, 6.07) is 0. The molecule has 0 spiro atoms. The van der Waals surface area contributed by atoms with Crippen LogP contribution in [0.3, 0.4) is 0 Å². The van der Waals surface area contributed by atoms with Crippen LogP contribution in [0.15, 0.2) is 0 Å². The van der Waals surface area contributed by atoms with Gasteiger partial charge in [-0.05, 0) is 11.8 Å². The Labute approximate surface area is 159 Å².